The number of hydrogen-bond donors (Lipinski definition) is 3. The van der Waals surface area contributed by atoms with Crippen molar-refractivity contribution >= 4 is 5.91 Å². The van der Waals surface area contributed by atoms with Gasteiger partial charge in [0, 0.05) is 6.04 Å². The first-order valence-corrected chi connectivity index (χ1v) is 3.90. The van der Waals surface area contributed by atoms with Crippen molar-refractivity contribution in [3.63, 3.8) is 0 Å². The van der Waals surface area contributed by atoms with Crippen molar-refractivity contribution in [1.82, 2.24) is 5.32 Å². The first-order valence-electron chi connectivity index (χ1n) is 3.90. The van der Waals surface area contributed by atoms with Crippen LogP contribution in [0.1, 0.15) is 19.3 Å². The van der Waals surface area contributed by atoms with Crippen LogP contribution < -0.4 is 11.1 Å². The van der Waals surface area contributed by atoms with Crippen LogP contribution in [0, 0.1) is 0 Å². The molecule has 0 saturated heterocycles. The lowest BCUT2D eigenvalue weighted by molar-refractivity contribution is -0.117. The number of primary amides is 1. The number of amides is 1. The Morgan fingerprint density at radius 3 is 2.82 bits per heavy atom. The topological polar surface area (TPSA) is 75.4 Å². The van der Waals surface area contributed by atoms with Gasteiger partial charge in [0.25, 0.3) is 0 Å². The van der Waals surface area contributed by atoms with E-state index in [0.717, 1.165) is 19.3 Å². The molecule has 4 nitrogen and oxygen atoms in total. The summed E-state index contributed by atoms with van der Waals surface area (Å²) in [7, 11) is 0. The number of aliphatic hydroxyl groups is 1. The summed E-state index contributed by atoms with van der Waals surface area (Å²) in [6.45, 7) is 0.168. The van der Waals surface area contributed by atoms with E-state index in [1.54, 1.807) is 0 Å². The predicted molar refractivity (Wildman–Crippen MR) is 40.8 cm³/mol. The lowest BCUT2D eigenvalue weighted by Gasteiger charge is -2.14. The van der Waals surface area contributed by atoms with Crippen LogP contribution in [0.5, 0.6) is 0 Å². The third kappa shape index (κ3) is 2.48. The van der Waals surface area contributed by atoms with Crippen molar-refractivity contribution in [1.29, 1.82) is 0 Å². The van der Waals surface area contributed by atoms with E-state index in [9.17, 15) is 9.90 Å². The molecule has 2 unspecified atom stereocenters. The second kappa shape index (κ2) is 3.69. The smallest absolute Gasteiger partial charge is 0.231 e. The summed E-state index contributed by atoms with van der Waals surface area (Å²) in [5.41, 5.74) is 4.93. The van der Waals surface area contributed by atoms with Gasteiger partial charge in [0.15, 0.2) is 0 Å². The highest BCUT2D eigenvalue weighted by Crippen LogP contribution is 2.18. The molecule has 0 aliphatic heterocycles. The average molecular weight is 158 g/mol. The van der Waals surface area contributed by atoms with E-state index in [4.69, 9.17) is 5.73 Å². The Kier molecular flexibility index (Phi) is 2.84. The number of nitrogens with two attached hydrogens (primary N) is 1. The normalized spacial score (nSPS) is 30.6. The number of hydrogen-bond acceptors (Lipinski definition) is 3. The van der Waals surface area contributed by atoms with Crippen LogP contribution in [0.2, 0.25) is 0 Å². The summed E-state index contributed by atoms with van der Waals surface area (Å²) in [6.07, 6.45) is 2.50. The standard InChI is InChI=1S/C7H14N2O2/c8-7(11)4-9-5-2-1-3-6(5)10/h5-6,9-10H,1-4H2,(H2,8,11). The Balaban J connectivity index is 2.20. The van der Waals surface area contributed by atoms with Gasteiger partial charge < -0.3 is 16.2 Å². The van der Waals surface area contributed by atoms with Gasteiger partial charge in [-0.25, -0.2) is 0 Å². The van der Waals surface area contributed by atoms with Crippen molar-refractivity contribution in [2.24, 2.45) is 5.73 Å². The third-order valence-corrected chi connectivity index (χ3v) is 2.02. The molecular weight excluding hydrogens is 144 g/mol. The van der Waals surface area contributed by atoms with E-state index in [0.29, 0.717) is 0 Å². The summed E-state index contributed by atoms with van der Waals surface area (Å²) >= 11 is 0. The fourth-order valence-corrected chi connectivity index (χ4v) is 1.41. The molecule has 0 aromatic carbocycles. The maximum Gasteiger partial charge on any atom is 0.231 e. The summed E-state index contributed by atoms with van der Waals surface area (Å²) in [5.74, 6) is -0.371. The van der Waals surface area contributed by atoms with Crippen LogP contribution >= 0.6 is 0 Å². The van der Waals surface area contributed by atoms with Crippen molar-refractivity contribution in [2.45, 2.75) is 31.4 Å². The molecule has 0 aromatic heterocycles. The quantitative estimate of drug-likeness (QED) is 0.492. The molecule has 0 bridgehead atoms. The first kappa shape index (κ1) is 8.49. The van der Waals surface area contributed by atoms with Gasteiger partial charge in [-0.15, -0.1) is 0 Å². The van der Waals surface area contributed by atoms with Crippen molar-refractivity contribution in [3.8, 4) is 0 Å². The molecule has 0 spiro atoms. The van der Waals surface area contributed by atoms with Gasteiger partial charge in [0.2, 0.25) is 5.91 Å². The summed E-state index contributed by atoms with van der Waals surface area (Å²) in [6, 6.07) is 0.0718. The molecule has 1 saturated carbocycles. The SMILES string of the molecule is NC(=O)CNC1CCCC1O. The van der Waals surface area contributed by atoms with Crippen LogP contribution in [0.25, 0.3) is 0 Å². The van der Waals surface area contributed by atoms with Gasteiger partial charge in [0.1, 0.15) is 0 Å². The highest BCUT2D eigenvalue weighted by Gasteiger charge is 2.24. The van der Waals surface area contributed by atoms with Gasteiger partial charge in [0.05, 0.1) is 12.6 Å². The minimum atomic E-state index is -0.371. The van der Waals surface area contributed by atoms with Gasteiger partial charge in [-0.3, -0.25) is 4.79 Å². The maximum atomic E-state index is 10.3. The van der Waals surface area contributed by atoms with E-state index >= 15 is 0 Å². The second-order valence-electron chi connectivity index (χ2n) is 2.95. The number of carbonyl (C=O) groups is 1. The number of aliphatic hydroxyl groups excluding tert-OH is 1. The van der Waals surface area contributed by atoms with Crippen molar-refractivity contribution in [3.05, 3.63) is 0 Å². The number of rotatable bonds is 3. The van der Waals surface area contributed by atoms with E-state index in [1.165, 1.54) is 0 Å². The van der Waals surface area contributed by atoms with E-state index in [-0.39, 0.29) is 24.6 Å². The fraction of sp³-hybridized carbons (Fsp3) is 0.857. The second-order valence-corrected chi connectivity index (χ2v) is 2.95. The zero-order valence-electron chi connectivity index (χ0n) is 6.42. The van der Waals surface area contributed by atoms with Crippen LogP contribution in [-0.4, -0.2) is 29.7 Å². The summed E-state index contributed by atoms with van der Waals surface area (Å²) in [5, 5.41) is 12.2. The Morgan fingerprint density at radius 1 is 1.64 bits per heavy atom. The molecule has 1 amide bonds. The Labute approximate surface area is 65.8 Å². The Morgan fingerprint density at radius 2 is 2.36 bits per heavy atom. The monoisotopic (exact) mass is 158 g/mol. The molecule has 4 N–H and O–H groups in total. The third-order valence-electron chi connectivity index (χ3n) is 2.02. The predicted octanol–water partition coefficient (Wildman–Crippen LogP) is -1.03. The van der Waals surface area contributed by atoms with E-state index in [2.05, 4.69) is 5.32 Å². The Bertz CT molecular complexity index is 149. The largest absolute Gasteiger partial charge is 0.392 e. The molecule has 64 valence electrons. The molecule has 1 rings (SSSR count). The molecule has 0 radical (unpaired) electrons. The Hall–Kier alpha value is -0.610. The summed E-state index contributed by atoms with van der Waals surface area (Å²) < 4.78 is 0. The molecule has 1 aliphatic carbocycles. The van der Waals surface area contributed by atoms with E-state index < -0.39 is 0 Å². The zero-order valence-corrected chi connectivity index (χ0v) is 6.42. The lowest BCUT2D eigenvalue weighted by atomic mass is 10.2. The molecule has 4 heteroatoms. The van der Waals surface area contributed by atoms with Gasteiger partial charge in [-0.2, -0.15) is 0 Å². The molecule has 1 fully saturated rings. The fourth-order valence-electron chi connectivity index (χ4n) is 1.41. The minimum absolute atomic E-state index is 0.0718. The van der Waals surface area contributed by atoms with E-state index in [1.807, 2.05) is 0 Å². The van der Waals surface area contributed by atoms with Crippen LogP contribution in [0.3, 0.4) is 0 Å². The maximum absolute atomic E-state index is 10.3. The molecule has 11 heavy (non-hydrogen) atoms. The van der Waals surface area contributed by atoms with Crippen molar-refractivity contribution in [2.75, 3.05) is 6.54 Å². The molecule has 2 atom stereocenters. The van der Waals surface area contributed by atoms with Crippen LogP contribution in [0.4, 0.5) is 0 Å². The lowest BCUT2D eigenvalue weighted by Crippen LogP contribution is -2.40. The van der Waals surface area contributed by atoms with Crippen molar-refractivity contribution < 1.29 is 9.90 Å². The van der Waals surface area contributed by atoms with Gasteiger partial charge >= 0.3 is 0 Å². The number of carbonyl (C=O) groups excluding carboxylic acids is 1. The first-order chi connectivity index (χ1) is 5.20. The number of nitrogens with one attached hydrogen (secondary N) is 1. The molecule has 1 aliphatic rings. The van der Waals surface area contributed by atoms with Gasteiger partial charge in [-0.1, -0.05) is 0 Å². The van der Waals surface area contributed by atoms with Crippen LogP contribution in [-0.2, 0) is 4.79 Å². The molecule has 0 aromatic rings. The van der Waals surface area contributed by atoms with Crippen LogP contribution in [0.15, 0.2) is 0 Å². The highest BCUT2D eigenvalue weighted by atomic mass is 16.3. The minimum Gasteiger partial charge on any atom is -0.392 e. The highest BCUT2D eigenvalue weighted by molar-refractivity contribution is 5.75. The zero-order chi connectivity index (χ0) is 8.27. The molecular formula is C7H14N2O2. The average Bonchev–Trinajstić information content (AvgIpc) is 2.31. The molecule has 0 heterocycles. The summed E-state index contributed by atoms with van der Waals surface area (Å²) in [4.78, 5) is 10.3. The van der Waals surface area contributed by atoms with Gasteiger partial charge in [-0.05, 0) is 19.3 Å².